The number of hydrogen-bond acceptors (Lipinski definition) is 3. The molecule has 0 saturated carbocycles. The molecule has 1 aromatic carbocycles. The predicted molar refractivity (Wildman–Crippen MR) is 76.3 cm³/mol. The van der Waals surface area contributed by atoms with E-state index in [1.165, 1.54) is 44.6 Å². The van der Waals surface area contributed by atoms with Gasteiger partial charge < -0.3 is 9.84 Å². The van der Waals surface area contributed by atoms with Gasteiger partial charge in [-0.05, 0) is 18.6 Å². The first-order valence-electron chi connectivity index (χ1n) is 7.14. The Morgan fingerprint density at radius 1 is 1.11 bits per heavy atom. The molecule has 0 fully saturated rings. The zero-order valence-corrected chi connectivity index (χ0v) is 11.7. The summed E-state index contributed by atoms with van der Waals surface area (Å²) in [6, 6.07) is 6.72. The van der Waals surface area contributed by atoms with Gasteiger partial charge in [0.15, 0.2) is 0 Å². The second-order valence-corrected chi connectivity index (χ2v) is 4.76. The van der Waals surface area contributed by atoms with Gasteiger partial charge in [-0.3, -0.25) is 0 Å². The lowest BCUT2D eigenvalue weighted by atomic mass is 10.1. The van der Waals surface area contributed by atoms with Gasteiger partial charge in [0.2, 0.25) is 0 Å². The van der Waals surface area contributed by atoms with Crippen LogP contribution in [-0.2, 0) is 0 Å². The fraction of sp³-hybridized carbons (Fsp3) is 0.562. The average Bonchev–Trinajstić information content (AvgIpc) is 2.42. The molecular weight excluding hydrogens is 238 g/mol. The molecule has 0 amide bonds. The summed E-state index contributed by atoms with van der Waals surface area (Å²) in [6.07, 6.45) is 8.75. The minimum absolute atomic E-state index is 0.0143. The Labute approximate surface area is 115 Å². The van der Waals surface area contributed by atoms with E-state index in [1.54, 1.807) is 12.1 Å². The maximum Gasteiger partial charge on any atom is 0.137 e. The molecule has 0 aliphatic rings. The van der Waals surface area contributed by atoms with E-state index in [4.69, 9.17) is 10.00 Å². The summed E-state index contributed by atoms with van der Waals surface area (Å²) in [5.41, 5.74) is 0.281. The fourth-order valence-corrected chi connectivity index (χ4v) is 1.94. The van der Waals surface area contributed by atoms with E-state index in [-0.39, 0.29) is 11.3 Å². The van der Waals surface area contributed by atoms with Gasteiger partial charge in [-0.15, -0.1) is 0 Å². The SMILES string of the molecule is CCCCCCCCCOc1ccc(C#N)c(O)c1. The number of ether oxygens (including phenoxy) is 1. The molecule has 0 atom stereocenters. The molecule has 3 heteroatoms. The summed E-state index contributed by atoms with van der Waals surface area (Å²) in [4.78, 5) is 0. The first kappa shape index (κ1) is 15.4. The number of rotatable bonds is 9. The predicted octanol–water partition coefficient (Wildman–Crippen LogP) is 4.39. The van der Waals surface area contributed by atoms with Crippen LogP contribution in [0.3, 0.4) is 0 Å². The molecule has 3 nitrogen and oxygen atoms in total. The third-order valence-corrected chi connectivity index (χ3v) is 3.11. The van der Waals surface area contributed by atoms with E-state index in [2.05, 4.69) is 6.92 Å². The highest BCUT2D eigenvalue weighted by molar-refractivity contribution is 5.46. The van der Waals surface area contributed by atoms with Crippen molar-refractivity contribution in [3.63, 3.8) is 0 Å². The van der Waals surface area contributed by atoms with Crippen molar-refractivity contribution in [3.05, 3.63) is 23.8 Å². The van der Waals surface area contributed by atoms with Gasteiger partial charge in [-0.2, -0.15) is 5.26 Å². The number of unbranched alkanes of at least 4 members (excludes halogenated alkanes) is 6. The monoisotopic (exact) mass is 261 g/mol. The van der Waals surface area contributed by atoms with Crippen molar-refractivity contribution in [2.24, 2.45) is 0 Å². The van der Waals surface area contributed by atoms with Gasteiger partial charge >= 0.3 is 0 Å². The van der Waals surface area contributed by atoms with Gasteiger partial charge in [0.25, 0.3) is 0 Å². The number of nitrogens with zero attached hydrogens (tertiary/aromatic N) is 1. The van der Waals surface area contributed by atoms with Crippen LogP contribution in [-0.4, -0.2) is 11.7 Å². The third-order valence-electron chi connectivity index (χ3n) is 3.11. The Hall–Kier alpha value is -1.69. The van der Waals surface area contributed by atoms with Gasteiger partial charge in [-0.1, -0.05) is 45.4 Å². The molecular formula is C16H23NO2. The molecule has 0 heterocycles. The molecule has 0 spiro atoms. The molecule has 0 saturated heterocycles. The summed E-state index contributed by atoms with van der Waals surface area (Å²) in [5.74, 6) is 0.613. The number of aromatic hydroxyl groups is 1. The van der Waals surface area contributed by atoms with E-state index < -0.39 is 0 Å². The van der Waals surface area contributed by atoms with Crippen LogP contribution in [0.2, 0.25) is 0 Å². The number of hydrogen-bond donors (Lipinski definition) is 1. The fourth-order valence-electron chi connectivity index (χ4n) is 1.94. The van der Waals surface area contributed by atoms with Gasteiger partial charge in [0.05, 0.1) is 12.2 Å². The van der Waals surface area contributed by atoms with Crippen molar-refractivity contribution in [2.45, 2.75) is 51.9 Å². The van der Waals surface area contributed by atoms with Crippen molar-refractivity contribution in [1.29, 1.82) is 5.26 Å². The molecule has 1 N–H and O–H groups in total. The molecule has 0 radical (unpaired) electrons. The van der Waals surface area contributed by atoms with Crippen LogP contribution in [0.15, 0.2) is 18.2 Å². The van der Waals surface area contributed by atoms with Crippen molar-refractivity contribution >= 4 is 0 Å². The topological polar surface area (TPSA) is 53.2 Å². The third kappa shape index (κ3) is 6.15. The number of nitriles is 1. The lowest BCUT2D eigenvalue weighted by Crippen LogP contribution is -1.97. The van der Waals surface area contributed by atoms with Crippen LogP contribution < -0.4 is 4.74 Å². The Morgan fingerprint density at radius 2 is 1.79 bits per heavy atom. The molecule has 0 unspecified atom stereocenters. The Balaban J connectivity index is 2.13. The highest BCUT2D eigenvalue weighted by Gasteiger charge is 2.02. The Kier molecular flexibility index (Phi) is 7.50. The van der Waals surface area contributed by atoms with Gasteiger partial charge in [0, 0.05) is 6.07 Å². The van der Waals surface area contributed by atoms with Crippen molar-refractivity contribution in [1.82, 2.24) is 0 Å². The maximum atomic E-state index is 9.51. The lowest BCUT2D eigenvalue weighted by molar-refractivity contribution is 0.302. The Bertz CT molecular complexity index is 410. The summed E-state index contributed by atoms with van der Waals surface area (Å²) >= 11 is 0. The molecule has 1 rings (SSSR count). The molecule has 19 heavy (non-hydrogen) atoms. The molecule has 1 aromatic rings. The minimum atomic E-state index is -0.0143. The first-order valence-corrected chi connectivity index (χ1v) is 7.14. The van der Waals surface area contributed by atoms with E-state index in [0.29, 0.717) is 12.4 Å². The van der Waals surface area contributed by atoms with Crippen molar-refractivity contribution in [3.8, 4) is 17.6 Å². The van der Waals surface area contributed by atoms with E-state index in [9.17, 15) is 5.11 Å². The molecule has 0 aromatic heterocycles. The molecule has 104 valence electrons. The number of phenols is 1. The quantitative estimate of drug-likeness (QED) is 0.670. The largest absolute Gasteiger partial charge is 0.506 e. The normalized spacial score (nSPS) is 10.1. The van der Waals surface area contributed by atoms with Crippen molar-refractivity contribution < 1.29 is 9.84 Å². The van der Waals surface area contributed by atoms with Crippen LogP contribution in [0.1, 0.15) is 57.4 Å². The standard InChI is InChI=1S/C16H23NO2/c1-2-3-4-5-6-7-8-11-19-15-10-9-14(13-17)16(18)12-15/h9-10,12,18H,2-8,11H2,1H3. The highest BCUT2D eigenvalue weighted by atomic mass is 16.5. The smallest absolute Gasteiger partial charge is 0.137 e. The summed E-state index contributed by atoms with van der Waals surface area (Å²) < 4.78 is 5.54. The van der Waals surface area contributed by atoms with Crippen LogP contribution in [0.5, 0.6) is 11.5 Å². The molecule has 0 aliphatic carbocycles. The molecule has 0 aliphatic heterocycles. The zero-order valence-electron chi connectivity index (χ0n) is 11.7. The summed E-state index contributed by atoms with van der Waals surface area (Å²) in [6.45, 7) is 2.89. The first-order chi connectivity index (χ1) is 9.27. The van der Waals surface area contributed by atoms with Crippen LogP contribution >= 0.6 is 0 Å². The van der Waals surface area contributed by atoms with E-state index >= 15 is 0 Å². The Morgan fingerprint density at radius 3 is 2.42 bits per heavy atom. The minimum Gasteiger partial charge on any atom is -0.506 e. The number of phenolic OH excluding ortho intramolecular Hbond substituents is 1. The summed E-state index contributed by atoms with van der Waals surface area (Å²) in [7, 11) is 0. The maximum absolute atomic E-state index is 9.51. The van der Waals surface area contributed by atoms with Gasteiger partial charge in [-0.25, -0.2) is 0 Å². The lowest BCUT2D eigenvalue weighted by Gasteiger charge is -2.07. The van der Waals surface area contributed by atoms with Gasteiger partial charge in [0.1, 0.15) is 17.6 Å². The second kappa shape index (κ2) is 9.27. The van der Waals surface area contributed by atoms with Crippen molar-refractivity contribution in [2.75, 3.05) is 6.61 Å². The van der Waals surface area contributed by atoms with Crippen LogP contribution in [0, 0.1) is 11.3 Å². The van der Waals surface area contributed by atoms with E-state index in [0.717, 1.165) is 6.42 Å². The van der Waals surface area contributed by atoms with E-state index in [1.807, 2.05) is 6.07 Å². The van der Waals surface area contributed by atoms with Crippen LogP contribution in [0.4, 0.5) is 0 Å². The molecule has 0 bridgehead atoms. The van der Waals surface area contributed by atoms with Crippen LogP contribution in [0.25, 0.3) is 0 Å². The average molecular weight is 261 g/mol. The second-order valence-electron chi connectivity index (χ2n) is 4.76. The zero-order chi connectivity index (χ0) is 13.9. The summed E-state index contributed by atoms with van der Waals surface area (Å²) in [5, 5.41) is 18.2. The number of benzene rings is 1. The highest BCUT2D eigenvalue weighted by Crippen LogP contribution is 2.22.